The summed E-state index contributed by atoms with van der Waals surface area (Å²) in [7, 11) is 5.30. The molecule has 2 aromatic carbocycles. The summed E-state index contributed by atoms with van der Waals surface area (Å²) in [4.78, 5) is 86.1. The van der Waals surface area contributed by atoms with Gasteiger partial charge < -0.3 is 35.4 Å². The zero-order valence-corrected chi connectivity index (χ0v) is 40.3. The molecule has 354 valence electrons. The van der Waals surface area contributed by atoms with Gasteiger partial charge in [-0.15, -0.1) is 0 Å². The summed E-state index contributed by atoms with van der Waals surface area (Å²) in [5.74, 6) is 0.331. The molecule has 3 saturated heterocycles. The number of benzene rings is 2. The molecule has 6 aliphatic rings. The Balaban J connectivity index is 0.763. The second kappa shape index (κ2) is 18.8. The highest BCUT2D eigenvalue weighted by Crippen LogP contribution is 2.41. The van der Waals surface area contributed by atoms with Gasteiger partial charge in [0, 0.05) is 81.9 Å². The summed E-state index contributed by atoms with van der Waals surface area (Å²) in [6, 6.07) is 8.62. The van der Waals surface area contributed by atoms with Crippen molar-refractivity contribution in [2.75, 3.05) is 80.0 Å². The first-order valence-corrected chi connectivity index (χ1v) is 24.5. The SMILES string of the molecule is Bc1cc(Nc2ncc3c(n2)N(C2CCCC2)CC(C)(C)C(=O)N3C)c(OC)cc1C(=O)NC1CCN(SC(C)N2CCN(c3ccc4c(c3)C(=O)N(C3CCC(=C)NC3=O)C4=O)CC2)CC1. The average Bonchev–Trinajstić information content (AvgIpc) is 3.93. The lowest BCUT2D eigenvalue weighted by Gasteiger charge is -2.41. The maximum atomic E-state index is 13.8. The molecule has 2 atom stereocenters. The number of nitrogens with one attached hydrogen (secondary N) is 3. The van der Waals surface area contributed by atoms with Crippen LogP contribution in [-0.4, -0.2) is 145 Å². The van der Waals surface area contributed by atoms with Gasteiger partial charge in [-0.1, -0.05) is 36.8 Å². The second-order valence-corrected chi connectivity index (χ2v) is 20.9. The van der Waals surface area contributed by atoms with Crippen molar-refractivity contribution in [3.63, 3.8) is 0 Å². The fourth-order valence-corrected chi connectivity index (χ4v) is 11.8. The first-order chi connectivity index (χ1) is 32.1. The van der Waals surface area contributed by atoms with Crippen molar-refractivity contribution in [1.82, 2.24) is 34.7 Å². The molecule has 3 aromatic rings. The van der Waals surface area contributed by atoms with E-state index in [1.54, 1.807) is 43.5 Å². The molecule has 2 unspecified atom stereocenters. The van der Waals surface area contributed by atoms with E-state index in [-0.39, 0.29) is 29.1 Å². The van der Waals surface area contributed by atoms with Crippen molar-refractivity contribution >= 4 is 83.6 Å². The predicted octanol–water partition coefficient (Wildman–Crippen LogP) is 3.64. The number of rotatable bonds is 11. The van der Waals surface area contributed by atoms with Crippen LogP contribution < -0.4 is 40.8 Å². The quantitative estimate of drug-likeness (QED) is 0.144. The lowest BCUT2D eigenvalue weighted by Crippen LogP contribution is -2.51. The third-order valence-corrected chi connectivity index (χ3v) is 15.7. The normalized spacial score (nSPS) is 22.4. The van der Waals surface area contributed by atoms with Crippen LogP contribution in [-0.2, 0) is 9.59 Å². The molecule has 6 heterocycles. The van der Waals surface area contributed by atoms with Crippen molar-refractivity contribution in [2.45, 2.75) is 95.6 Å². The molecule has 0 bridgehead atoms. The fraction of sp³-hybridized carbons (Fsp3) is 0.521. The van der Waals surface area contributed by atoms with Gasteiger partial charge >= 0.3 is 0 Å². The first kappa shape index (κ1) is 46.5. The Morgan fingerprint density at radius 3 is 2.39 bits per heavy atom. The molecule has 3 N–H and O–H groups in total. The molecular formula is C48H62BN11O6S. The van der Waals surface area contributed by atoms with Crippen LogP contribution >= 0.6 is 11.9 Å². The molecule has 9 rings (SSSR count). The van der Waals surface area contributed by atoms with E-state index in [1.165, 1.54) is 0 Å². The Bertz CT molecular complexity index is 2490. The smallest absolute Gasteiger partial charge is 0.262 e. The van der Waals surface area contributed by atoms with Crippen LogP contribution in [0.3, 0.4) is 0 Å². The highest BCUT2D eigenvalue weighted by atomic mass is 32.2. The second-order valence-electron chi connectivity index (χ2n) is 19.5. The summed E-state index contributed by atoms with van der Waals surface area (Å²) >= 11 is 1.85. The number of aromatic nitrogens is 2. The Kier molecular flexibility index (Phi) is 13.0. The number of allylic oxidation sites excluding steroid dienone is 1. The van der Waals surface area contributed by atoms with E-state index in [0.29, 0.717) is 70.9 Å². The summed E-state index contributed by atoms with van der Waals surface area (Å²) in [5.41, 5.74) is 4.28. The first-order valence-electron chi connectivity index (χ1n) is 23.7. The van der Waals surface area contributed by atoms with Gasteiger partial charge in [-0.3, -0.25) is 33.8 Å². The van der Waals surface area contributed by atoms with E-state index in [4.69, 9.17) is 9.72 Å². The Hall–Kier alpha value is -5.66. The molecule has 1 aliphatic carbocycles. The zero-order valence-electron chi connectivity index (χ0n) is 39.5. The number of fused-ring (bicyclic) bond motifs is 2. The Morgan fingerprint density at radius 2 is 1.69 bits per heavy atom. The molecule has 5 amide bonds. The minimum absolute atomic E-state index is 0.0387. The third-order valence-electron chi connectivity index (χ3n) is 14.5. The van der Waals surface area contributed by atoms with Crippen molar-refractivity contribution < 1.29 is 28.7 Å². The average molecular weight is 932 g/mol. The van der Waals surface area contributed by atoms with Gasteiger partial charge in [-0.25, -0.2) is 9.29 Å². The third kappa shape index (κ3) is 9.21. The van der Waals surface area contributed by atoms with Gasteiger partial charge in [0.2, 0.25) is 17.8 Å². The molecule has 0 radical (unpaired) electrons. The zero-order chi connectivity index (χ0) is 47.3. The lowest BCUT2D eigenvalue weighted by molar-refractivity contribution is -0.126. The van der Waals surface area contributed by atoms with Crippen LogP contribution in [0.1, 0.15) is 103 Å². The molecule has 17 nitrogen and oxygen atoms in total. The van der Waals surface area contributed by atoms with E-state index in [9.17, 15) is 24.0 Å². The number of carbonyl (C=O) groups excluding carboxylic acids is 5. The number of carbonyl (C=O) groups is 5. The highest BCUT2D eigenvalue weighted by Gasteiger charge is 2.45. The lowest BCUT2D eigenvalue weighted by atomic mass is 9.89. The molecule has 1 aromatic heterocycles. The van der Waals surface area contributed by atoms with Crippen molar-refractivity contribution in [1.29, 1.82) is 0 Å². The van der Waals surface area contributed by atoms with Gasteiger partial charge in [-0.05, 0) is 89.6 Å². The number of ether oxygens (including phenoxy) is 1. The van der Waals surface area contributed by atoms with Crippen LogP contribution in [0.2, 0.25) is 0 Å². The van der Waals surface area contributed by atoms with E-state index in [0.717, 1.165) is 99.7 Å². The van der Waals surface area contributed by atoms with E-state index in [1.807, 2.05) is 45.8 Å². The Labute approximate surface area is 397 Å². The van der Waals surface area contributed by atoms with Gasteiger partial charge in [0.25, 0.3) is 17.7 Å². The monoisotopic (exact) mass is 931 g/mol. The number of hydrogen-bond donors (Lipinski definition) is 3. The maximum Gasteiger partial charge on any atom is 0.262 e. The summed E-state index contributed by atoms with van der Waals surface area (Å²) < 4.78 is 8.21. The fourth-order valence-electron chi connectivity index (χ4n) is 10.6. The van der Waals surface area contributed by atoms with Crippen LogP contribution in [0.4, 0.5) is 28.8 Å². The van der Waals surface area contributed by atoms with Gasteiger partial charge in [0.15, 0.2) is 5.82 Å². The van der Waals surface area contributed by atoms with Crippen LogP contribution in [0, 0.1) is 5.41 Å². The van der Waals surface area contributed by atoms with Gasteiger partial charge in [0.05, 0.1) is 40.9 Å². The topological polar surface area (TPSA) is 176 Å². The molecule has 4 fully saturated rings. The largest absolute Gasteiger partial charge is 0.495 e. The molecule has 0 spiro atoms. The van der Waals surface area contributed by atoms with Crippen LogP contribution in [0.5, 0.6) is 5.75 Å². The maximum absolute atomic E-state index is 13.8. The Morgan fingerprint density at radius 1 is 0.970 bits per heavy atom. The number of anilines is 5. The number of piperazine rings is 1. The minimum Gasteiger partial charge on any atom is -0.495 e. The van der Waals surface area contributed by atoms with Crippen molar-refractivity contribution in [2.24, 2.45) is 5.41 Å². The molecule has 67 heavy (non-hydrogen) atoms. The van der Waals surface area contributed by atoms with E-state index in [2.05, 4.69) is 53.4 Å². The number of nitrogens with zero attached hydrogens (tertiary/aromatic N) is 8. The van der Waals surface area contributed by atoms with Crippen LogP contribution in [0.25, 0.3) is 0 Å². The number of amides is 5. The van der Waals surface area contributed by atoms with Gasteiger partial charge in [0.1, 0.15) is 25.3 Å². The predicted molar refractivity (Wildman–Crippen MR) is 263 cm³/mol. The van der Waals surface area contributed by atoms with Crippen molar-refractivity contribution in [3.05, 3.63) is 65.5 Å². The standard InChI is InChI=1S/C48H62BN11O6S/c1-28-11-14-38(43(62)51-28)60-44(63)33-13-12-32(23-34(33)45(60)64)57-21-19-56(20-22-57)29(2)67-58-17-15-30(16-18-58)52-42(61)35-24-40(66-6)37(25-36(35)49)53-47-50-26-39-41(54-47)59(31-9-7-8-10-31)27-48(3,4)46(65)55(39)5/h12-13,23-26,29-31,38H,1,7-11,14-22,27,49H2,2-6H3,(H,51,62)(H,52,61)(H,50,53,54). The van der Waals surface area contributed by atoms with E-state index >= 15 is 0 Å². The molecule has 19 heteroatoms. The molecule has 1 saturated carbocycles. The number of imide groups is 1. The molecular weight excluding hydrogens is 869 g/mol. The van der Waals surface area contributed by atoms with E-state index < -0.39 is 23.3 Å². The highest BCUT2D eigenvalue weighted by molar-refractivity contribution is 7.97. The molecule has 5 aliphatic heterocycles. The summed E-state index contributed by atoms with van der Waals surface area (Å²) in [6.07, 6.45) is 8.73. The van der Waals surface area contributed by atoms with Crippen molar-refractivity contribution in [3.8, 4) is 5.75 Å². The summed E-state index contributed by atoms with van der Waals surface area (Å²) in [6.45, 7) is 15.6. The number of methoxy groups -OCH3 is 1. The van der Waals surface area contributed by atoms with Crippen LogP contribution in [0.15, 0.2) is 48.8 Å². The number of hydrogen-bond acceptors (Lipinski definition) is 14. The summed E-state index contributed by atoms with van der Waals surface area (Å²) in [5, 5.41) is 9.59. The van der Waals surface area contributed by atoms with Gasteiger partial charge in [-0.2, -0.15) is 4.98 Å². The number of piperidine rings is 2. The minimum atomic E-state index is -0.830.